The predicted molar refractivity (Wildman–Crippen MR) is 147 cm³/mol. The van der Waals surface area contributed by atoms with Crippen LogP contribution in [0, 0.1) is 5.92 Å². The van der Waals surface area contributed by atoms with Crippen LogP contribution in [0.4, 0.5) is 26.3 Å². The Kier molecular flexibility index (Phi) is 11.1. The van der Waals surface area contributed by atoms with Gasteiger partial charge in [-0.2, -0.15) is 26.3 Å². The molecule has 2 aliphatic rings. The molecule has 0 saturated carbocycles. The minimum Gasteiger partial charge on any atom is -0.370 e. The molecule has 232 valence electrons. The quantitative estimate of drug-likeness (QED) is 0.316. The van der Waals surface area contributed by atoms with Crippen LogP contribution in [0.3, 0.4) is 0 Å². The van der Waals surface area contributed by atoms with Crippen LogP contribution in [-0.4, -0.2) is 60.3 Å². The number of Topliss-reactive ketones (excluding diaryl/α,β-unsaturated/α-hetero) is 1. The highest BCUT2D eigenvalue weighted by Crippen LogP contribution is 2.40. The lowest BCUT2D eigenvalue weighted by atomic mass is 9.86. The van der Waals surface area contributed by atoms with Crippen LogP contribution in [-0.2, 0) is 26.7 Å². The lowest BCUT2D eigenvalue weighted by Gasteiger charge is -2.42. The number of amides is 1. The third-order valence-corrected chi connectivity index (χ3v) is 7.93. The molecule has 2 heterocycles. The minimum absolute atomic E-state index is 0. The van der Waals surface area contributed by atoms with Crippen LogP contribution in [0.15, 0.2) is 48.5 Å². The van der Waals surface area contributed by atoms with Gasteiger partial charge in [-0.15, -0.1) is 12.4 Å². The first-order valence-electron chi connectivity index (χ1n) is 13.7. The number of piperidine rings is 2. The van der Waals surface area contributed by atoms with Gasteiger partial charge in [0.1, 0.15) is 5.78 Å². The normalized spacial score (nSPS) is 21.5. The molecule has 2 aliphatic heterocycles. The molecule has 1 amide bonds. The molecule has 0 unspecified atom stereocenters. The summed E-state index contributed by atoms with van der Waals surface area (Å²) in [6, 6.07) is 10.8. The van der Waals surface area contributed by atoms with Crippen LogP contribution in [0.2, 0.25) is 0 Å². The zero-order valence-corrected chi connectivity index (χ0v) is 24.2. The molecule has 12 heteroatoms. The molecule has 0 aliphatic carbocycles. The second kappa shape index (κ2) is 13.8. The van der Waals surface area contributed by atoms with Crippen molar-refractivity contribution in [2.24, 2.45) is 5.92 Å². The fraction of sp³-hybridized carbons (Fsp3) is 0.533. The lowest BCUT2D eigenvalue weighted by Crippen LogP contribution is -2.49. The molecule has 3 atom stereocenters. The predicted octanol–water partition coefficient (Wildman–Crippen LogP) is 6.91. The van der Waals surface area contributed by atoms with Crippen molar-refractivity contribution in [3.05, 3.63) is 70.8 Å². The highest BCUT2D eigenvalue weighted by atomic mass is 35.5. The summed E-state index contributed by atoms with van der Waals surface area (Å²) in [5.74, 6) is -0.386. The molecule has 0 radical (unpaired) electrons. The van der Waals surface area contributed by atoms with Gasteiger partial charge in [0.05, 0.1) is 29.9 Å². The Morgan fingerprint density at radius 1 is 0.905 bits per heavy atom. The van der Waals surface area contributed by atoms with E-state index in [1.54, 1.807) is 4.90 Å². The van der Waals surface area contributed by atoms with E-state index in [0.29, 0.717) is 64.1 Å². The van der Waals surface area contributed by atoms with Crippen LogP contribution in [0.5, 0.6) is 0 Å². The number of nitrogens with zero attached hydrogens (tertiary/aromatic N) is 2. The van der Waals surface area contributed by atoms with Crippen LogP contribution in [0.1, 0.15) is 67.4 Å². The first-order chi connectivity index (χ1) is 19.2. The van der Waals surface area contributed by atoms with E-state index in [2.05, 4.69) is 0 Å². The van der Waals surface area contributed by atoms with Gasteiger partial charge >= 0.3 is 12.4 Å². The smallest absolute Gasteiger partial charge is 0.370 e. The summed E-state index contributed by atoms with van der Waals surface area (Å²) in [5, 5.41) is 0. The highest BCUT2D eigenvalue weighted by Gasteiger charge is 2.40. The summed E-state index contributed by atoms with van der Waals surface area (Å²) >= 11 is 0. The van der Waals surface area contributed by atoms with Crippen molar-refractivity contribution in [1.29, 1.82) is 0 Å². The molecule has 2 aromatic rings. The molecule has 2 fully saturated rings. The Balaban J connectivity index is 0.00000484. The number of hydrogen-bond acceptors (Lipinski definition) is 4. The van der Waals surface area contributed by atoms with Crippen LogP contribution < -0.4 is 0 Å². The van der Waals surface area contributed by atoms with Gasteiger partial charge in [0.25, 0.3) is 0 Å². The number of ketones is 1. The molecule has 0 spiro atoms. The first-order valence-corrected chi connectivity index (χ1v) is 13.7. The molecule has 42 heavy (non-hydrogen) atoms. The Labute approximate surface area is 247 Å². The molecule has 0 bridgehead atoms. The number of rotatable bonds is 7. The summed E-state index contributed by atoms with van der Waals surface area (Å²) in [4.78, 5) is 28.7. The third-order valence-electron chi connectivity index (χ3n) is 7.93. The van der Waals surface area contributed by atoms with Crippen LogP contribution in [0.25, 0.3) is 0 Å². The summed E-state index contributed by atoms with van der Waals surface area (Å²) in [5.41, 5.74) is -2.10. The minimum atomic E-state index is -4.95. The van der Waals surface area contributed by atoms with Gasteiger partial charge in [0.2, 0.25) is 5.91 Å². The number of likely N-dealkylation sites (tertiary alicyclic amines) is 2. The summed E-state index contributed by atoms with van der Waals surface area (Å²) in [6.07, 6.45) is -9.81. The zero-order chi connectivity index (χ0) is 29.9. The average Bonchev–Trinajstić information content (AvgIpc) is 2.92. The standard InChI is InChI=1S/C30H34F6N2O3.ClH/c1-19(39)17-37-11-8-22(9-12-37)28(40)38-13-10-27(26(18-38)21-6-4-3-5-7-21)41-20(2)23-14-24(29(31,32)33)16-25(15-23)30(34,35)36;/h3-7,14-16,20,22,26-27H,8-13,17-18H2,1-2H3;1H/t20-,26+,27+;/m1./s1. The van der Waals surface area contributed by atoms with Gasteiger partial charge in [-0.25, -0.2) is 0 Å². The number of halogens is 7. The number of benzene rings is 2. The van der Waals surface area contributed by atoms with Crippen molar-refractivity contribution in [2.45, 2.75) is 63.6 Å². The Bertz CT molecular complexity index is 1180. The van der Waals surface area contributed by atoms with E-state index in [1.165, 1.54) is 13.8 Å². The largest absolute Gasteiger partial charge is 0.416 e. The fourth-order valence-corrected chi connectivity index (χ4v) is 5.78. The molecular formula is C30H35ClF6N2O3. The Morgan fingerprint density at radius 3 is 2.00 bits per heavy atom. The number of alkyl halides is 6. The summed E-state index contributed by atoms with van der Waals surface area (Å²) in [6.45, 7) is 5.36. The first kappa shape index (κ1) is 33.9. The maximum Gasteiger partial charge on any atom is 0.416 e. The average molecular weight is 621 g/mol. The Hall–Kier alpha value is -2.63. The van der Waals surface area contributed by atoms with E-state index in [0.717, 1.165) is 5.56 Å². The molecule has 0 aromatic heterocycles. The third kappa shape index (κ3) is 8.48. The van der Waals surface area contributed by atoms with Crippen molar-refractivity contribution >= 4 is 24.1 Å². The van der Waals surface area contributed by atoms with Gasteiger partial charge in [0, 0.05) is 24.9 Å². The molecule has 0 N–H and O–H groups in total. The fourth-order valence-electron chi connectivity index (χ4n) is 5.78. The summed E-state index contributed by atoms with van der Waals surface area (Å²) < 4.78 is 86.8. The van der Waals surface area contributed by atoms with Crippen LogP contribution >= 0.6 is 12.4 Å². The second-order valence-corrected chi connectivity index (χ2v) is 11.0. The number of ether oxygens (including phenoxy) is 1. The van der Waals surface area contributed by atoms with Crippen molar-refractivity contribution in [2.75, 3.05) is 32.7 Å². The maximum absolute atomic E-state index is 13.5. The van der Waals surface area contributed by atoms with Gasteiger partial charge < -0.3 is 9.64 Å². The summed E-state index contributed by atoms with van der Waals surface area (Å²) in [7, 11) is 0. The van der Waals surface area contributed by atoms with Crippen molar-refractivity contribution in [3.8, 4) is 0 Å². The molecule has 2 aromatic carbocycles. The van der Waals surface area contributed by atoms with Crippen molar-refractivity contribution in [3.63, 3.8) is 0 Å². The lowest BCUT2D eigenvalue weighted by molar-refractivity contribution is -0.143. The Morgan fingerprint density at radius 2 is 1.48 bits per heavy atom. The molecule has 2 saturated heterocycles. The SMILES string of the molecule is CC(=O)CN1CCC(C(=O)N2CC[C@H](O[C@H](C)c3cc(C(F)(F)F)cc(C(F)(F)F)c3)[C@H](c3ccccc3)C2)CC1.Cl. The topological polar surface area (TPSA) is 49.9 Å². The number of carbonyl (C=O) groups excluding carboxylic acids is 2. The maximum atomic E-state index is 13.5. The van der Waals surface area contributed by atoms with E-state index in [4.69, 9.17) is 4.74 Å². The molecular weight excluding hydrogens is 586 g/mol. The van der Waals surface area contributed by atoms with E-state index >= 15 is 0 Å². The van der Waals surface area contributed by atoms with Crippen molar-refractivity contribution in [1.82, 2.24) is 9.80 Å². The molecule has 5 nitrogen and oxygen atoms in total. The van der Waals surface area contributed by atoms with Crippen molar-refractivity contribution < 1.29 is 40.7 Å². The van der Waals surface area contributed by atoms with Gasteiger partial charge in [-0.3, -0.25) is 14.5 Å². The highest BCUT2D eigenvalue weighted by molar-refractivity contribution is 5.85. The van der Waals surface area contributed by atoms with Gasteiger partial charge in [-0.1, -0.05) is 30.3 Å². The van der Waals surface area contributed by atoms with E-state index in [9.17, 15) is 35.9 Å². The van der Waals surface area contributed by atoms with E-state index in [1.807, 2.05) is 35.2 Å². The van der Waals surface area contributed by atoms with E-state index in [-0.39, 0.29) is 47.6 Å². The number of hydrogen-bond donors (Lipinski definition) is 0. The molecule has 4 rings (SSSR count). The zero-order valence-electron chi connectivity index (χ0n) is 23.4. The van der Waals surface area contributed by atoms with E-state index < -0.39 is 35.7 Å². The van der Waals surface area contributed by atoms with Gasteiger partial charge in [0.15, 0.2) is 0 Å². The van der Waals surface area contributed by atoms with Gasteiger partial charge in [-0.05, 0) is 75.5 Å². The monoisotopic (exact) mass is 620 g/mol. The number of carbonyl (C=O) groups is 2. The second-order valence-electron chi connectivity index (χ2n) is 11.0.